The topological polar surface area (TPSA) is 67.9 Å². The zero-order chi connectivity index (χ0) is 23.0. The summed E-state index contributed by atoms with van der Waals surface area (Å²) >= 11 is 0. The van der Waals surface area contributed by atoms with E-state index < -0.39 is 12.8 Å². The Labute approximate surface area is 178 Å². The second-order valence-electron chi connectivity index (χ2n) is 7.06. The zero-order valence-electron chi connectivity index (χ0n) is 17.6. The van der Waals surface area contributed by atoms with Gasteiger partial charge in [-0.1, -0.05) is 18.2 Å². The van der Waals surface area contributed by atoms with Crippen molar-refractivity contribution in [2.24, 2.45) is 0 Å². The molecule has 0 saturated heterocycles. The minimum absolute atomic E-state index is 0.00998. The normalized spacial score (nSPS) is 11.0. The van der Waals surface area contributed by atoms with Gasteiger partial charge in [0.1, 0.15) is 0 Å². The predicted molar refractivity (Wildman–Crippen MR) is 109 cm³/mol. The van der Waals surface area contributed by atoms with Crippen molar-refractivity contribution >= 4 is 11.8 Å². The molecule has 0 spiro atoms. The minimum atomic E-state index is -4.44. The van der Waals surface area contributed by atoms with Crippen LogP contribution in [0.5, 0.6) is 11.5 Å². The Morgan fingerprint density at radius 3 is 2.23 bits per heavy atom. The lowest BCUT2D eigenvalue weighted by Crippen LogP contribution is -2.23. The molecule has 2 amide bonds. The van der Waals surface area contributed by atoms with Crippen molar-refractivity contribution in [1.29, 1.82) is 0 Å². The maximum absolute atomic E-state index is 12.3. The second-order valence-corrected chi connectivity index (χ2v) is 7.06. The first-order valence-electron chi connectivity index (χ1n) is 9.53. The van der Waals surface area contributed by atoms with Gasteiger partial charge in [0, 0.05) is 32.6 Å². The van der Waals surface area contributed by atoms with E-state index in [4.69, 9.17) is 9.47 Å². The van der Waals surface area contributed by atoms with Gasteiger partial charge in [-0.15, -0.1) is 0 Å². The van der Waals surface area contributed by atoms with Crippen LogP contribution in [0.25, 0.3) is 0 Å². The lowest BCUT2D eigenvalue weighted by atomic mass is 10.1. The van der Waals surface area contributed by atoms with Crippen molar-refractivity contribution in [1.82, 2.24) is 10.2 Å². The van der Waals surface area contributed by atoms with Crippen LogP contribution in [0.15, 0.2) is 42.5 Å². The van der Waals surface area contributed by atoms with Gasteiger partial charge >= 0.3 is 6.18 Å². The van der Waals surface area contributed by atoms with Crippen molar-refractivity contribution in [2.45, 2.75) is 25.6 Å². The third-order valence-electron chi connectivity index (χ3n) is 4.36. The quantitative estimate of drug-likeness (QED) is 0.650. The van der Waals surface area contributed by atoms with E-state index in [1.165, 1.54) is 18.1 Å². The van der Waals surface area contributed by atoms with E-state index in [2.05, 4.69) is 5.32 Å². The van der Waals surface area contributed by atoms with Gasteiger partial charge < -0.3 is 19.7 Å². The minimum Gasteiger partial charge on any atom is -0.493 e. The van der Waals surface area contributed by atoms with Crippen LogP contribution in [0.2, 0.25) is 0 Å². The number of nitrogens with one attached hydrogen (secondary N) is 1. The van der Waals surface area contributed by atoms with Crippen LogP contribution in [0.4, 0.5) is 13.2 Å². The van der Waals surface area contributed by atoms with Crippen LogP contribution in [-0.2, 0) is 17.8 Å². The third kappa shape index (κ3) is 7.84. The number of hydrogen-bond donors (Lipinski definition) is 1. The molecule has 9 heteroatoms. The fraction of sp³-hybridized carbons (Fsp3) is 0.364. The number of amides is 2. The number of halogens is 3. The van der Waals surface area contributed by atoms with Crippen LogP contribution < -0.4 is 14.8 Å². The maximum atomic E-state index is 12.3. The molecule has 0 saturated carbocycles. The SMILES string of the molecule is COc1cc(CCC(=O)NCc2ccc(C(=O)N(C)C)cc2)ccc1OCC(F)(F)F. The number of carbonyl (C=O) groups is 2. The summed E-state index contributed by atoms with van der Waals surface area (Å²) in [4.78, 5) is 25.5. The Kier molecular flexibility index (Phi) is 8.30. The molecular formula is C22H25F3N2O4. The van der Waals surface area contributed by atoms with Crippen molar-refractivity contribution < 1.29 is 32.2 Å². The van der Waals surface area contributed by atoms with Gasteiger partial charge in [0.05, 0.1) is 7.11 Å². The predicted octanol–water partition coefficient (Wildman–Crippen LogP) is 3.59. The highest BCUT2D eigenvalue weighted by molar-refractivity contribution is 5.93. The number of hydrogen-bond acceptors (Lipinski definition) is 4. The van der Waals surface area contributed by atoms with Gasteiger partial charge in [-0.05, 0) is 41.8 Å². The summed E-state index contributed by atoms with van der Waals surface area (Å²) in [6.45, 7) is -1.09. The van der Waals surface area contributed by atoms with Crippen LogP contribution in [0.3, 0.4) is 0 Å². The number of aryl methyl sites for hydroxylation is 1. The molecule has 0 heterocycles. The molecule has 0 radical (unpaired) electrons. The van der Waals surface area contributed by atoms with Gasteiger partial charge in [0.15, 0.2) is 18.1 Å². The van der Waals surface area contributed by atoms with Crippen LogP contribution in [0, 0.1) is 0 Å². The summed E-state index contributed by atoms with van der Waals surface area (Å²) in [5.41, 5.74) is 2.16. The van der Waals surface area contributed by atoms with E-state index in [-0.39, 0.29) is 29.7 Å². The van der Waals surface area contributed by atoms with Gasteiger partial charge in [0.25, 0.3) is 5.91 Å². The summed E-state index contributed by atoms with van der Waals surface area (Å²) in [5, 5.41) is 2.80. The second kappa shape index (κ2) is 10.7. The number of ether oxygens (including phenoxy) is 2. The molecule has 31 heavy (non-hydrogen) atoms. The van der Waals surface area contributed by atoms with Crippen molar-refractivity contribution in [2.75, 3.05) is 27.8 Å². The molecule has 0 fully saturated rings. The highest BCUT2D eigenvalue weighted by Gasteiger charge is 2.29. The van der Waals surface area contributed by atoms with Crippen molar-refractivity contribution in [3.63, 3.8) is 0 Å². The molecule has 168 valence electrons. The Balaban J connectivity index is 1.84. The maximum Gasteiger partial charge on any atom is 0.422 e. The molecule has 2 aromatic rings. The largest absolute Gasteiger partial charge is 0.493 e. The van der Waals surface area contributed by atoms with Crippen LogP contribution in [-0.4, -0.2) is 50.7 Å². The van der Waals surface area contributed by atoms with Crippen molar-refractivity contribution in [3.05, 3.63) is 59.2 Å². The molecule has 1 N–H and O–H groups in total. The first-order valence-corrected chi connectivity index (χ1v) is 9.53. The van der Waals surface area contributed by atoms with E-state index in [9.17, 15) is 22.8 Å². The summed E-state index contributed by atoms with van der Waals surface area (Å²) in [5.74, 6) is -0.107. The number of nitrogens with zero attached hydrogens (tertiary/aromatic N) is 1. The first-order chi connectivity index (χ1) is 14.6. The molecule has 2 aromatic carbocycles. The number of rotatable bonds is 9. The molecule has 0 aliphatic carbocycles. The summed E-state index contributed by atoms with van der Waals surface area (Å²) < 4.78 is 46.8. The number of alkyl halides is 3. The molecule has 0 aliphatic heterocycles. The Morgan fingerprint density at radius 2 is 1.65 bits per heavy atom. The number of benzene rings is 2. The Bertz CT molecular complexity index is 897. The van der Waals surface area contributed by atoms with Gasteiger partial charge in [-0.25, -0.2) is 0 Å². The molecule has 0 unspecified atom stereocenters. The van der Waals surface area contributed by atoms with E-state index >= 15 is 0 Å². The monoisotopic (exact) mass is 438 g/mol. The molecular weight excluding hydrogens is 413 g/mol. The van der Waals surface area contributed by atoms with Gasteiger partial charge in [-0.2, -0.15) is 13.2 Å². The molecule has 6 nitrogen and oxygen atoms in total. The molecule has 0 aliphatic rings. The van der Waals surface area contributed by atoms with Crippen LogP contribution >= 0.6 is 0 Å². The Morgan fingerprint density at radius 1 is 1.00 bits per heavy atom. The summed E-state index contributed by atoms with van der Waals surface area (Å²) in [6.07, 6.45) is -3.86. The molecule has 0 atom stereocenters. The van der Waals surface area contributed by atoms with Gasteiger partial charge in [0.2, 0.25) is 5.91 Å². The Hall–Kier alpha value is -3.23. The van der Waals surface area contributed by atoms with E-state index in [1.54, 1.807) is 50.5 Å². The molecule has 0 bridgehead atoms. The average molecular weight is 438 g/mol. The molecule has 0 aromatic heterocycles. The zero-order valence-corrected chi connectivity index (χ0v) is 17.6. The van der Waals surface area contributed by atoms with E-state index in [0.29, 0.717) is 18.5 Å². The highest BCUT2D eigenvalue weighted by atomic mass is 19.4. The highest BCUT2D eigenvalue weighted by Crippen LogP contribution is 2.30. The first kappa shape index (κ1) is 24.0. The van der Waals surface area contributed by atoms with E-state index in [0.717, 1.165) is 11.1 Å². The summed E-state index contributed by atoms with van der Waals surface area (Å²) in [7, 11) is 4.69. The molecule has 2 rings (SSSR count). The van der Waals surface area contributed by atoms with Crippen molar-refractivity contribution in [3.8, 4) is 11.5 Å². The smallest absolute Gasteiger partial charge is 0.422 e. The number of carbonyl (C=O) groups excluding carboxylic acids is 2. The van der Waals surface area contributed by atoms with Crippen LogP contribution in [0.1, 0.15) is 27.9 Å². The average Bonchev–Trinajstić information content (AvgIpc) is 2.74. The third-order valence-corrected chi connectivity index (χ3v) is 4.36. The number of methoxy groups -OCH3 is 1. The van der Waals surface area contributed by atoms with Gasteiger partial charge in [-0.3, -0.25) is 9.59 Å². The fourth-order valence-corrected chi connectivity index (χ4v) is 2.72. The standard InChI is InChI=1S/C22H25F3N2O4/c1-27(2)21(29)17-8-4-16(5-9-17)13-26-20(28)11-7-15-6-10-18(19(12-15)30-3)31-14-22(23,24)25/h4-6,8-10,12H,7,11,13-14H2,1-3H3,(H,26,28). The lowest BCUT2D eigenvalue weighted by Gasteiger charge is -2.13. The van der Waals surface area contributed by atoms with E-state index in [1.807, 2.05) is 0 Å². The lowest BCUT2D eigenvalue weighted by molar-refractivity contribution is -0.153. The summed E-state index contributed by atoms with van der Waals surface area (Å²) in [6, 6.07) is 11.5. The fourth-order valence-electron chi connectivity index (χ4n) is 2.72.